The number of aromatic nitrogens is 2. The van der Waals surface area contributed by atoms with Crippen molar-refractivity contribution in [3.8, 4) is 17.1 Å². The maximum absolute atomic E-state index is 5.65. The van der Waals surface area contributed by atoms with Crippen molar-refractivity contribution in [2.45, 2.75) is 46.0 Å². The topological polar surface area (TPSA) is 44.2 Å². The van der Waals surface area contributed by atoms with E-state index < -0.39 is 0 Å². The third-order valence-electron chi connectivity index (χ3n) is 3.73. The summed E-state index contributed by atoms with van der Waals surface area (Å²) in [6.45, 7) is 6.29. The number of hydrogen-bond donors (Lipinski definition) is 0. The Kier molecular flexibility index (Phi) is 8.25. The SMILES string of the molecule is CCCCCc1cnc(-c2ccc(OCCOCCC)cc2)nc1. The fraction of sp³-hybridized carbons (Fsp3) is 0.500. The van der Waals surface area contributed by atoms with Crippen molar-refractivity contribution >= 4 is 0 Å². The van der Waals surface area contributed by atoms with E-state index in [1.807, 2.05) is 36.7 Å². The van der Waals surface area contributed by atoms with Gasteiger partial charge in [0.25, 0.3) is 0 Å². The van der Waals surface area contributed by atoms with Crippen molar-refractivity contribution in [3.63, 3.8) is 0 Å². The molecule has 0 amide bonds. The standard InChI is InChI=1S/C20H28N2O2/c1-3-5-6-7-17-15-21-20(22-16-17)18-8-10-19(11-9-18)24-14-13-23-12-4-2/h8-11,15-16H,3-7,12-14H2,1-2H3. The Morgan fingerprint density at radius 1 is 0.833 bits per heavy atom. The van der Waals surface area contributed by atoms with Crippen molar-refractivity contribution in [2.24, 2.45) is 0 Å². The Labute approximate surface area is 145 Å². The first-order valence-electron chi connectivity index (χ1n) is 8.95. The van der Waals surface area contributed by atoms with Gasteiger partial charge < -0.3 is 9.47 Å². The van der Waals surface area contributed by atoms with Crippen LogP contribution in [0.5, 0.6) is 5.75 Å². The van der Waals surface area contributed by atoms with Crippen molar-refractivity contribution < 1.29 is 9.47 Å². The van der Waals surface area contributed by atoms with Crippen LogP contribution in [0.15, 0.2) is 36.7 Å². The molecule has 0 unspecified atom stereocenters. The van der Waals surface area contributed by atoms with Crippen molar-refractivity contribution in [3.05, 3.63) is 42.2 Å². The molecule has 0 radical (unpaired) electrons. The molecule has 4 nitrogen and oxygen atoms in total. The minimum absolute atomic E-state index is 0.572. The molecule has 0 saturated heterocycles. The molecular formula is C20H28N2O2. The second-order valence-electron chi connectivity index (χ2n) is 5.86. The van der Waals surface area contributed by atoms with Crippen LogP contribution in [0.3, 0.4) is 0 Å². The summed E-state index contributed by atoms with van der Waals surface area (Å²) in [7, 11) is 0. The number of aryl methyl sites for hydroxylation is 1. The zero-order valence-electron chi connectivity index (χ0n) is 14.8. The lowest BCUT2D eigenvalue weighted by atomic mass is 10.1. The zero-order chi connectivity index (χ0) is 17.0. The monoisotopic (exact) mass is 328 g/mol. The fourth-order valence-corrected chi connectivity index (χ4v) is 2.38. The van der Waals surface area contributed by atoms with Crippen LogP contribution in [-0.2, 0) is 11.2 Å². The second kappa shape index (κ2) is 10.8. The molecule has 130 valence electrons. The smallest absolute Gasteiger partial charge is 0.159 e. The van der Waals surface area contributed by atoms with Gasteiger partial charge in [0.2, 0.25) is 0 Å². The largest absolute Gasteiger partial charge is 0.491 e. The lowest BCUT2D eigenvalue weighted by Crippen LogP contribution is -2.07. The maximum atomic E-state index is 5.65. The number of benzene rings is 1. The highest BCUT2D eigenvalue weighted by Gasteiger charge is 2.03. The van der Waals surface area contributed by atoms with Crippen molar-refractivity contribution in [1.82, 2.24) is 9.97 Å². The number of hydrogen-bond acceptors (Lipinski definition) is 4. The van der Waals surface area contributed by atoms with Gasteiger partial charge in [-0.25, -0.2) is 9.97 Å². The van der Waals surface area contributed by atoms with Gasteiger partial charge in [-0.2, -0.15) is 0 Å². The van der Waals surface area contributed by atoms with Gasteiger partial charge in [-0.1, -0.05) is 26.7 Å². The van der Waals surface area contributed by atoms with Gasteiger partial charge in [-0.15, -0.1) is 0 Å². The molecule has 1 heterocycles. The Hall–Kier alpha value is -1.94. The third kappa shape index (κ3) is 6.28. The molecule has 0 spiro atoms. The quantitative estimate of drug-likeness (QED) is 0.562. The van der Waals surface area contributed by atoms with E-state index in [4.69, 9.17) is 9.47 Å². The van der Waals surface area contributed by atoms with E-state index >= 15 is 0 Å². The summed E-state index contributed by atoms with van der Waals surface area (Å²) in [4.78, 5) is 8.96. The zero-order valence-corrected chi connectivity index (χ0v) is 14.8. The molecule has 0 aliphatic rings. The van der Waals surface area contributed by atoms with Crippen LogP contribution >= 0.6 is 0 Å². The van der Waals surface area contributed by atoms with Gasteiger partial charge in [-0.05, 0) is 49.1 Å². The second-order valence-corrected chi connectivity index (χ2v) is 5.86. The van der Waals surface area contributed by atoms with Crippen LogP contribution in [0, 0.1) is 0 Å². The number of rotatable bonds is 11. The molecular weight excluding hydrogens is 300 g/mol. The number of ether oxygens (including phenoxy) is 2. The number of nitrogens with zero attached hydrogens (tertiary/aromatic N) is 2. The van der Waals surface area contributed by atoms with E-state index in [-0.39, 0.29) is 0 Å². The van der Waals surface area contributed by atoms with E-state index in [1.54, 1.807) is 0 Å². The summed E-state index contributed by atoms with van der Waals surface area (Å²) in [5.41, 5.74) is 2.21. The summed E-state index contributed by atoms with van der Waals surface area (Å²) >= 11 is 0. The molecule has 0 fully saturated rings. The molecule has 4 heteroatoms. The molecule has 0 bridgehead atoms. The minimum Gasteiger partial charge on any atom is -0.491 e. The molecule has 1 aromatic carbocycles. The maximum Gasteiger partial charge on any atom is 0.159 e. The average molecular weight is 328 g/mol. The summed E-state index contributed by atoms with van der Waals surface area (Å²) in [6, 6.07) is 7.89. The first-order chi connectivity index (χ1) is 11.8. The average Bonchev–Trinajstić information content (AvgIpc) is 2.63. The van der Waals surface area contributed by atoms with Gasteiger partial charge in [0.15, 0.2) is 5.82 Å². The fourth-order valence-electron chi connectivity index (χ4n) is 2.38. The summed E-state index contributed by atoms with van der Waals surface area (Å²) in [6.07, 6.45) is 9.66. The molecule has 0 aliphatic heterocycles. The molecule has 0 N–H and O–H groups in total. The molecule has 0 aliphatic carbocycles. The Balaban J connectivity index is 1.83. The van der Waals surface area contributed by atoms with Crippen LogP contribution in [0.4, 0.5) is 0 Å². The van der Waals surface area contributed by atoms with E-state index in [9.17, 15) is 0 Å². The van der Waals surface area contributed by atoms with Crippen molar-refractivity contribution in [2.75, 3.05) is 19.8 Å². The van der Waals surface area contributed by atoms with Crippen LogP contribution in [0.2, 0.25) is 0 Å². The van der Waals surface area contributed by atoms with E-state index in [2.05, 4.69) is 23.8 Å². The van der Waals surface area contributed by atoms with E-state index in [0.717, 1.165) is 36.6 Å². The third-order valence-corrected chi connectivity index (χ3v) is 3.73. The Bertz CT molecular complexity index is 567. The van der Waals surface area contributed by atoms with Gasteiger partial charge >= 0.3 is 0 Å². The number of unbranched alkanes of at least 4 members (excludes halogenated alkanes) is 2. The molecule has 2 rings (SSSR count). The highest BCUT2D eigenvalue weighted by molar-refractivity contribution is 5.55. The van der Waals surface area contributed by atoms with Gasteiger partial charge in [0.05, 0.1) is 6.61 Å². The summed E-state index contributed by atoms with van der Waals surface area (Å²) in [5.74, 6) is 1.60. The van der Waals surface area contributed by atoms with Crippen molar-refractivity contribution in [1.29, 1.82) is 0 Å². The normalized spacial score (nSPS) is 10.8. The van der Waals surface area contributed by atoms with Gasteiger partial charge in [0, 0.05) is 24.6 Å². The molecule has 0 atom stereocenters. The minimum atomic E-state index is 0.572. The van der Waals surface area contributed by atoms with Gasteiger partial charge in [-0.3, -0.25) is 0 Å². The predicted molar refractivity (Wildman–Crippen MR) is 97.3 cm³/mol. The Morgan fingerprint density at radius 3 is 2.25 bits per heavy atom. The van der Waals surface area contributed by atoms with E-state index in [1.165, 1.54) is 24.8 Å². The molecule has 0 saturated carbocycles. The van der Waals surface area contributed by atoms with E-state index in [0.29, 0.717) is 13.2 Å². The highest BCUT2D eigenvalue weighted by atomic mass is 16.5. The first kappa shape index (κ1) is 18.4. The lowest BCUT2D eigenvalue weighted by molar-refractivity contribution is 0.101. The van der Waals surface area contributed by atoms with Crippen LogP contribution < -0.4 is 4.74 Å². The van der Waals surface area contributed by atoms with Gasteiger partial charge in [0.1, 0.15) is 12.4 Å². The molecule has 24 heavy (non-hydrogen) atoms. The molecule has 2 aromatic rings. The van der Waals surface area contributed by atoms with Crippen LogP contribution in [-0.4, -0.2) is 29.8 Å². The predicted octanol–water partition coefficient (Wildman–Crippen LogP) is 4.68. The lowest BCUT2D eigenvalue weighted by Gasteiger charge is -2.07. The van der Waals surface area contributed by atoms with Crippen LogP contribution in [0.1, 0.15) is 45.1 Å². The summed E-state index contributed by atoms with van der Waals surface area (Å²) in [5, 5.41) is 0. The summed E-state index contributed by atoms with van der Waals surface area (Å²) < 4.78 is 11.1. The highest BCUT2D eigenvalue weighted by Crippen LogP contribution is 2.19. The first-order valence-corrected chi connectivity index (χ1v) is 8.95. The van der Waals surface area contributed by atoms with Crippen LogP contribution in [0.25, 0.3) is 11.4 Å². The molecule has 1 aromatic heterocycles. The Morgan fingerprint density at radius 2 is 1.58 bits per heavy atom.